The van der Waals surface area contributed by atoms with E-state index in [1.807, 2.05) is 18.2 Å². The third-order valence-corrected chi connectivity index (χ3v) is 10.3. The lowest BCUT2D eigenvalue weighted by molar-refractivity contribution is 0.490. The first-order valence-electron chi connectivity index (χ1n) is 11.0. The van der Waals surface area contributed by atoms with Crippen LogP contribution in [0, 0.1) is 0 Å². The van der Waals surface area contributed by atoms with Gasteiger partial charge in [-0.15, -0.1) is 0 Å². The first-order valence-corrected chi connectivity index (χ1v) is 12.8. The van der Waals surface area contributed by atoms with Crippen LogP contribution in [0.15, 0.2) is 97.1 Å². The fourth-order valence-corrected chi connectivity index (χ4v) is 8.67. The third kappa shape index (κ3) is 3.42. The second kappa shape index (κ2) is 8.25. The highest BCUT2D eigenvalue weighted by Crippen LogP contribution is 2.55. The van der Waals surface area contributed by atoms with Crippen LogP contribution >= 0.6 is 7.14 Å². The maximum Gasteiger partial charge on any atom is 0.146 e. The molecular weight excluding hydrogens is 383 g/mol. The second-order valence-electron chi connectivity index (χ2n) is 8.36. The molecule has 0 saturated heterocycles. The van der Waals surface area contributed by atoms with Gasteiger partial charge in [0.2, 0.25) is 0 Å². The highest BCUT2D eigenvalue weighted by molar-refractivity contribution is 7.79. The highest BCUT2D eigenvalue weighted by Gasteiger charge is 2.38. The number of hydrogen-bond acceptors (Lipinski definition) is 1. The standard InChI is InChI=1S/C28H27OP/c29-30(25-13-3-1-4-14-25,26-15-5-2-6-16-26)28-18-10-9-17-27(28)24-20-19-22-11-7-8-12-23(22)21-24/h1,3-4,7-14,17-21,26H,2,5-6,15-16H2. The van der Waals surface area contributed by atoms with E-state index < -0.39 is 7.14 Å². The van der Waals surface area contributed by atoms with Gasteiger partial charge >= 0.3 is 0 Å². The Balaban J connectivity index is 1.72. The van der Waals surface area contributed by atoms with E-state index in [-0.39, 0.29) is 5.66 Å². The van der Waals surface area contributed by atoms with E-state index in [1.165, 1.54) is 30.0 Å². The van der Waals surface area contributed by atoms with Crippen LogP contribution in [0.3, 0.4) is 0 Å². The Hall–Kier alpha value is -2.63. The summed E-state index contributed by atoms with van der Waals surface area (Å²) in [5.74, 6) is 0. The van der Waals surface area contributed by atoms with Crippen LogP contribution in [0.1, 0.15) is 32.1 Å². The van der Waals surface area contributed by atoms with Crippen LogP contribution in [0.25, 0.3) is 21.9 Å². The maximum atomic E-state index is 15.0. The summed E-state index contributed by atoms with van der Waals surface area (Å²) in [4.78, 5) is 0. The summed E-state index contributed by atoms with van der Waals surface area (Å²) in [6.45, 7) is 0. The van der Waals surface area contributed by atoms with Gasteiger partial charge in [-0.05, 0) is 40.8 Å². The molecule has 0 amide bonds. The summed E-state index contributed by atoms with van der Waals surface area (Å²) >= 11 is 0. The third-order valence-electron chi connectivity index (χ3n) is 6.55. The monoisotopic (exact) mass is 410 g/mol. The van der Waals surface area contributed by atoms with Crippen molar-refractivity contribution in [3.8, 4) is 11.1 Å². The first-order chi connectivity index (χ1) is 14.8. The summed E-state index contributed by atoms with van der Waals surface area (Å²) in [5.41, 5.74) is 2.49. The summed E-state index contributed by atoms with van der Waals surface area (Å²) in [5, 5.41) is 4.48. The molecule has 0 radical (unpaired) electrons. The van der Waals surface area contributed by atoms with Crippen LogP contribution in [0.2, 0.25) is 0 Å². The minimum Gasteiger partial charge on any atom is -0.313 e. The van der Waals surface area contributed by atoms with Crippen molar-refractivity contribution < 1.29 is 4.57 Å². The maximum absolute atomic E-state index is 15.0. The zero-order chi connectivity index (χ0) is 20.4. The van der Waals surface area contributed by atoms with Crippen molar-refractivity contribution >= 4 is 28.5 Å². The van der Waals surface area contributed by atoms with E-state index in [2.05, 4.69) is 78.9 Å². The van der Waals surface area contributed by atoms with Crippen LogP contribution < -0.4 is 10.6 Å². The summed E-state index contributed by atoms with van der Waals surface area (Å²) in [6.07, 6.45) is 5.73. The molecule has 1 atom stereocenters. The largest absolute Gasteiger partial charge is 0.313 e. The van der Waals surface area contributed by atoms with Gasteiger partial charge in [-0.1, -0.05) is 110 Å². The zero-order valence-electron chi connectivity index (χ0n) is 17.2. The molecular formula is C28H27OP. The molecule has 30 heavy (non-hydrogen) atoms. The van der Waals surface area contributed by atoms with Gasteiger partial charge in [0.15, 0.2) is 0 Å². The van der Waals surface area contributed by atoms with Gasteiger partial charge in [0.25, 0.3) is 0 Å². The number of benzene rings is 4. The van der Waals surface area contributed by atoms with Crippen LogP contribution in [-0.2, 0) is 4.57 Å². The molecule has 0 N–H and O–H groups in total. The van der Waals surface area contributed by atoms with E-state index in [4.69, 9.17) is 0 Å². The van der Waals surface area contributed by atoms with Gasteiger partial charge < -0.3 is 4.57 Å². The van der Waals surface area contributed by atoms with Gasteiger partial charge in [0, 0.05) is 16.3 Å². The molecule has 0 bridgehead atoms. The molecule has 1 fully saturated rings. The molecule has 1 unspecified atom stereocenters. The van der Waals surface area contributed by atoms with Gasteiger partial charge in [0.1, 0.15) is 7.14 Å². The van der Waals surface area contributed by atoms with Crippen molar-refractivity contribution in [1.82, 2.24) is 0 Å². The van der Waals surface area contributed by atoms with Crippen molar-refractivity contribution in [1.29, 1.82) is 0 Å². The predicted octanol–water partition coefficient (Wildman–Crippen LogP) is 7.15. The molecule has 5 rings (SSSR count). The minimum absolute atomic E-state index is 0.232. The number of fused-ring (bicyclic) bond motifs is 1. The molecule has 0 aliphatic heterocycles. The molecule has 4 aromatic carbocycles. The zero-order valence-corrected chi connectivity index (χ0v) is 18.1. The Morgan fingerprint density at radius 2 is 1.30 bits per heavy atom. The fourth-order valence-electron chi connectivity index (χ4n) is 5.00. The molecule has 2 heteroatoms. The molecule has 0 heterocycles. The second-order valence-corrected chi connectivity index (χ2v) is 11.4. The van der Waals surface area contributed by atoms with Gasteiger partial charge in [-0.2, -0.15) is 0 Å². The highest BCUT2D eigenvalue weighted by atomic mass is 31.2. The van der Waals surface area contributed by atoms with E-state index >= 15 is 4.57 Å². The molecule has 1 aliphatic carbocycles. The lowest BCUT2D eigenvalue weighted by Gasteiger charge is -2.32. The first kappa shape index (κ1) is 19.3. The van der Waals surface area contributed by atoms with Crippen LogP contribution in [0.5, 0.6) is 0 Å². The molecule has 0 spiro atoms. The lowest BCUT2D eigenvalue weighted by Crippen LogP contribution is -2.28. The molecule has 0 aromatic heterocycles. The number of rotatable bonds is 4. The van der Waals surface area contributed by atoms with Crippen molar-refractivity contribution in [3.63, 3.8) is 0 Å². The Kier molecular flexibility index (Phi) is 5.32. The minimum atomic E-state index is -2.76. The smallest absolute Gasteiger partial charge is 0.146 e. The van der Waals surface area contributed by atoms with Crippen molar-refractivity contribution in [2.75, 3.05) is 0 Å². The van der Waals surface area contributed by atoms with E-state index in [0.717, 1.165) is 34.6 Å². The Bertz CT molecular complexity index is 1210. The van der Waals surface area contributed by atoms with E-state index in [9.17, 15) is 0 Å². The van der Waals surface area contributed by atoms with Crippen LogP contribution in [-0.4, -0.2) is 5.66 Å². The quantitative estimate of drug-likeness (QED) is 0.326. The SMILES string of the molecule is O=P(c1ccccc1)(c1ccccc1-c1ccc2ccccc2c1)C1CCCCC1. The Morgan fingerprint density at radius 3 is 2.10 bits per heavy atom. The normalized spacial score (nSPS) is 16.9. The Labute approximate surface area is 179 Å². The molecule has 1 aliphatic rings. The lowest BCUT2D eigenvalue weighted by atomic mass is 10.0. The predicted molar refractivity (Wildman–Crippen MR) is 130 cm³/mol. The molecule has 1 nitrogen and oxygen atoms in total. The molecule has 4 aromatic rings. The average Bonchev–Trinajstić information content (AvgIpc) is 2.84. The van der Waals surface area contributed by atoms with E-state index in [0.29, 0.717) is 0 Å². The van der Waals surface area contributed by atoms with Crippen LogP contribution in [0.4, 0.5) is 0 Å². The van der Waals surface area contributed by atoms with Crippen molar-refractivity contribution in [3.05, 3.63) is 97.1 Å². The average molecular weight is 410 g/mol. The molecule has 1 saturated carbocycles. The summed E-state index contributed by atoms with van der Waals surface area (Å²) in [6, 6.07) is 33.7. The number of hydrogen-bond donors (Lipinski definition) is 0. The summed E-state index contributed by atoms with van der Waals surface area (Å²) < 4.78 is 15.0. The summed E-state index contributed by atoms with van der Waals surface area (Å²) in [7, 11) is -2.76. The topological polar surface area (TPSA) is 17.1 Å². The fraction of sp³-hybridized carbons (Fsp3) is 0.214. The van der Waals surface area contributed by atoms with E-state index in [1.54, 1.807) is 0 Å². The van der Waals surface area contributed by atoms with Gasteiger partial charge in [0.05, 0.1) is 0 Å². The van der Waals surface area contributed by atoms with Crippen molar-refractivity contribution in [2.24, 2.45) is 0 Å². The van der Waals surface area contributed by atoms with Gasteiger partial charge in [-0.25, -0.2) is 0 Å². The van der Waals surface area contributed by atoms with Gasteiger partial charge in [-0.3, -0.25) is 0 Å². The van der Waals surface area contributed by atoms with Crippen molar-refractivity contribution in [2.45, 2.75) is 37.8 Å². The Morgan fingerprint density at radius 1 is 0.633 bits per heavy atom. The molecule has 150 valence electrons.